The molecular weight excluding hydrogens is 462 g/mol. The summed E-state index contributed by atoms with van der Waals surface area (Å²) in [6.07, 6.45) is 1.52. The van der Waals surface area contributed by atoms with Crippen LogP contribution in [0.5, 0.6) is 11.5 Å². The number of carboxylic acid groups (broad SMARTS) is 1. The highest BCUT2D eigenvalue weighted by molar-refractivity contribution is 8.26. The zero-order chi connectivity index (χ0) is 22.8. The molecule has 3 rings (SSSR count). The Labute approximate surface area is 188 Å². The van der Waals surface area contributed by atoms with Gasteiger partial charge in [-0.25, -0.2) is 0 Å². The van der Waals surface area contributed by atoms with Crippen molar-refractivity contribution in [3.63, 3.8) is 0 Å². The SMILES string of the molecule is COc1cc(/C=C2\SC(=S)N(CC(=O)O)C2=O)ccc1OS(=O)(=O)c1ccc(C)cc1. The van der Waals surface area contributed by atoms with Crippen LogP contribution in [0.15, 0.2) is 52.3 Å². The summed E-state index contributed by atoms with van der Waals surface area (Å²) in [4.78, 5) is 24.5. The Morgan fingerprint density at radius 2 is 1.87 bits per heavy atom. The molecule has 1 heterocycles. The molecule has 0 unspecified atom stereocenters. The van der Waals surface area contributed by atoms with Gasteiger partial charge in [0.05, 0.1) is 12.0 Å². The third-order valence-electron chi connectivity index (χ3n) is 4.16. The molecule has 1 saturated heterocycles. The average molecular weight is 480 g/mol. The predicted octanol–water partition coefficient (Wildman–Crippen LogP) is 3.06. The van der Waals surface area contributed by atoms with Gasteiger partial charge in [0, 0.05) is 0 Å². The molecule has 162 valence electrons. The first-order valence-corrected chi connectivity index (χ1v) is 11.4. The lowest BCUT2D eigenvalue weighted by Gasteiger charge is -2.12. The third-order valence-corrected chi connectivity index (χ3v) is 6.79. The molecule has 0 atom stereocenters. The highest BCUT2D eigenvalue weighted by Gasteiger charge is 2.33. The number of methoxy groups -OCH3 is 1. The molecule has 0 radical (unpaired) electrons. The number of nitrogens with zero attached hydrogens (tertiary/aromatic N) is 1. The van der Waals surface area contributed by atoms with Crippen molar-refractivity contribution < 1.29 is 32.0 Å². The summed E-state index contributed by atoms with van der Waals surface area (Å²) in [7, 11) is -2.71. The van der Waals surface area contributed by atoms with Crippen molar-refractivity contribution in [3.05, 3.63) is 58.5 Å². The predicted molar refractivity (Wildman–Crippen MR) is 120 cm³/mol. The van der Waals surface area contributed by atoms with Crippen LogP contribution in [0, 0.1) is 6.92 Å². The zero-order valence-corrected chi connectivity index (χ0v) is 18.8. The topological polar surface area (TPSA) is 110 Å². The summed E-state index contributed by atoms with van der Waals surface area (Å²) in [6.45, 7) is 1.32. The van der Waals surface area contributed by atoms with Gasteiger partial charge in [-0.15, -0.1) is 0 Å². The number of thiocarbonyl (C=S) groups is 1. The molecule has 1 N–H and O–H groups in total. The van der Waals surface area contributed by atoms with E-state index in [9.17, 15) is 18.0 Å². The van der Waals surface area contributed by atoms with Gasteiger partial charge in [-0.05, 0) is 42.8 Å². The van der Waals surface area contributed by atoms with E-state index in [2.05, 4.69) is 0 Å². The second-order valence-electron chi connectivity index (χ2n) is 6.42. The van der Waals surface area contributed by atoms with Crippen molar-refractivity contribution in [3.8, 4) is 11.5 Å². The smallest absolute Gasteiger partial charge is 0.339 e. The summed E-state index contributed by atoms with van der Waals surface area (Å²) in [6, 6.07) is 10.7. The molecule has 0 aromatic heterocycles. The highest BCUT2D eigenvalue weighted by atomic mass is 32.2. The van der Waals surface area contributed by atoms with E-state index in [-0.39, 0.29) is 25.6 Å². The van der Waals surface area contributed by atoms with Crippen LogP contribution in [-0.4, -0.2) is 48.3 Å². The molecule has 1 aliphatic heterocycles. The number of aryl methyl sites for hydroxylation is 1. The molecule has 0 bridgehead atoms. The molecular formula is C20H17NO7S3. The minimum atomic E-state index is -4.07. The van der Waals surface area contributed by atoms with Crippen molar-refractivity contribution in [2.75, 3.05) is 13.7 Å². The number of hydrogen-bond acceptors (Lipinski definition) is 8. The van der Waals surface area contributed by atoms with Gasteiger partial charge >= 0.3 is 16.1 Å². The van der Waals surface area contributed by atoms with E-state index in [0.29, 0.717) is 5.56 Å². The van der Waals surface area contributed by atoms with E-state index in [1.54, 1.807) is 18.2 Å². The van der Waals surface area contributed by atoms with Crippen LogP contribution in [0.4, 0.5) is 0 Å². The minimum absolute atomic E-state index is 0.00587. The maximum atomic E-state index is 12.5. The largest absolute Gasteiger partial charge is 0.493 e. The van der Waals surface area contributed by atoms with E-state index in [1.165, 1.54) is 37.5 Å². The average Bonchev–Trinajstić information content (AvgIpc) is 2.96. The van der Waals surface area contributed by atoms with Crippen LogP contribution in [0.1, 0.15) is 11.1 Å². The molecule has 1 amide bonds. The van der Waals surface area contributed by atoms with Gasteiger partial charge in [0.25, 0.3) is 5.91 Å². The number of carbonyl (C=O) groups excluding carboxylic acids is 1. The summed E-state index contributed by atoms with van der Waals surface area (Å²) in [5.74, 6) is -1.56. The van der Waals surface area contributed by atoms with E-state index in [0.717, 1.165) is 22.2 Å². The van der Waals surface area contributed by atoms with Crippen LogP contribution in [0.2, 0.25) is 0 Å². The first kappa shape index (κ1) is 22.8. The standard InChI is InChI=1S/C20H17NO7S3/c1-12-3-6-14(7-4-12)31(25,26)28-15-8-5-13(9-16(15)27-2)10-17-19(24)21(11-18(22)23)20(29)30-17/h3-10H,11H2,1-2H3,(H,22,23)/b17-10-. The molecule has 0 spiro atoms. The Hall–Kier alpha value is -2.89. The molecule has 1 aliphatic rings. The first-order chi connectivity index (χ1) is 14.6. The number of carbonyl (C=O) groups is 2. The number of thioether (sulfide) groups is 1. The van der Waals surface area contributed by atoms with Gasteiger partial charge in [0.1, 0.15) is 15.8 Å². The molecule has 1 fully saturated rings. The first-order valence-electron chi connectivity index (χ1n) is 8.77. The minimum Gasteiger partial charge on any atom is -0.493 e. The number of ether oxygens (including phenoxy) is 1. The van der Waals surface area contributed by atoms with Gasteiger partial charge in [0.15, 0.2) is 11.5 Å². The monoisotopic (exact) mass is 479 g/mol. The Kier molecular flexibility index (Phi) is 6.68. The molecule has 11 heteroatoms. The fourth-order valence-electron chi connectivity index (χ4n) is 2.64. The fourth-order valence-corrected chi connectivity index (χ4v) is 4.83. The fraction of sp³-hybridized carbons (Fsp3) is 0.150. The van der Waals surface area contributed by atoms with E-state index >= 15 is 0 Å². The number of rotatable bonds is 7. The van der Waals surface area contributed by atoms with E-state index in [4.69, 9.17) is 26.2 Å². The lowest BCUT2D eigenvalue weighted by molar-refractivity contribution is -0.140. The Balaban J connectivity index is 1.86. The molecule has 0 aliphatic carbocycles. The number of carboxylic acids is 1. The third kappa shape index (κ3) is 5.24. The molecule has 2 aromatic carbocycles. The van der Waals surface area contributed by atoms with Crippen LogP contribution in [0.25, 0.3) is 6.08 Å². The van der Waals surface area contributed by atoms with Crippen molar-refractivity contribution in [2.24, 2.45) is 0 Å². The van der Waals surface area contributed by atoms with Crippen molar-refractivity contribution in [1.29, 1.82) is 0 Å². The lowest BCUT2D eigenvalue weighted by atomic mass is 10.2. The van der Waals surface area contributed by atoms with Crippen LogP contribution in [0.3, 0.4) is 0 Å². The lowest BCUT2D eigenvalue weighted by Crippen LogP contribution is -2.33. The Bertz CT molecular complexity index is 1190. The normalized spacial score (nSPS) is 15.4. The van der Waals surface area contributed by atoms with E-state index < -0.39 is 28.5 Å². The van der Waals surface area contributed by atoms with Crippen LogP contribution in [-0.2, 0) is 19.7 Å². The summed E-state index contributed by atoms with van der Waals surface area (Å²) in [5.41, 5.74) is 1.43. The van der Waals surface area contributed by atoms with Crippen molar-refractivity contribution >= 4 is 56.4 Å². The Morgan fingerprint density at radius 1 is 1.19 bits per heavy atom. The second-order valence-corrected chi connectivity index (χ2v) is 9.64. The van der Waals surface area contributed by atoms with Gasteiger partial charge in [0.2, 0.25) is 0 Å². The van der Waals surface area contributed by atoms with E-state index in [1.807, 2.05) is 6.92 Å². The zero-order valence-electron chi connectivity index (χ0n) is 16.4. The van der Waals surface area contributed by atoms with Crippen molar-refractivity contribution in [1.82, 2.24) is 4.90 Å². The second kappa shape index (κ2) is 9.08. The number of amides is 1. The summed E-state index contributed by atoms with van der Waals surface area (Å²) >= 11 is 6.05. The quantitative estimate of drug-likeness (QED) is 0.364. The molecule has 2 aromatic rings. The summed E-state index contributed by atoms with van der Waals surface area (Å²) in [5, 5.41) is 8.91. The highest BCUT2D eigenvalue weighted by Crippen LogP contribution is 2.35. The molecule has 0 saturated carbocycles. The maximum Gasteiger partial charge on any atom is 0.339 e. The number of benzene rings is 2. The van der Waals surface area contributed by atoms with Crippen LogP contribution >= 0.6 is 24.0 Å². The number of aliphatic carboxylic acids is 1. The molecule has 31 heavy (non-hydrogen) atoms. The van der Waals surface area contributed by atoms with Crippen LogP contribution < -0.4 is 8.92 Å². The number of hydrogen-bond donors (Lipinski definition) is 1. The molecule has 8 nitrogen and oxygen atoms in total. The summed E-state index contributed by atoms with van der Waals surface area (Å²) < 4.78 is 35.7. The Morgan fingerprint density at radius 3 is 2.48 bits per heavy atom. The maximum absolute atomic E-state index is 12.5. The van der Waals surface area contributed by atoms with Crippen molar-refractivity contribution in [2.45, 2.75) is 11.8 Å². The van der Waals surface area contributed by atoms with Gasteiger partial charge in [-0.2, -0.15) is 8.42 Å². The van der Waals surface area contributed by atoms with Gasteiger partial charge in [-0.1, -0.05) is 47.7 Å². The van der Waals surface area contributed by atoms with Gasteiger partial charge in [-0.3, -0.25) is 14.5 Å². The van der Waals surface area contributed by atoms with Gasteiger partial charge < -0.3 is 14.0 Å².